The van der Waals surface area contributed by atoms with Crippen LogP contribution in [0.2, 0.25) is 0 Å². The van der Waals surface area contributed by atoms with Gasteiger partial charge in [-0.05, 0) is 32.4 Å². The van der Waals surface area contributed by atoms with Gasteiger partial charge in [-0.15, -0.1) is 0 Å². The van der Waals surface area contributed by atoms with Gasteiger partial charge in [-0.1, -0.05) is 41.9 Å². The van der Waals surface area contributed by atoms with Gasteiger partial charge in [0.15, 0.2) is 0 Å². The van der Waals surface area contributed by atoms with E-state index in [1.807, 2.05) is 21.6 Å². The minimum absolute atomic E-state index is 0.223. The molecular weight excluding hydrogens is 276 g/mol. The average Bonchev–Trinajstić information content (AvgIpc) is 2.93. The van der Waals surface area contributed by atoms with Crippen LogP contribution in [0, 0.1) is 0 Å². The van der Waals surface area contributed by atoms with Crippen molar-refractivity contribution in [2.45, 2.75) is 51.2 Å². The van der Waals surface area contributed by atoms with Crippen molar-refractivity contribution in [3.8, 4) is 0 Å². The second-order valence-corrected chi connectivity index (χ2v) is 7.74. The van der Waals surface area contributed by atoms with Crippen LogP contribution in [0.1, 0.15) is 46.0 Å². The van der Waals surface area contributed by atoms with E-state index in [-0.39, 0.29) is 5.91 Å². The van der Waals surface area contributed by atoms with Gasteiger partial charge < -0.3 is 10.2 Å². The van der Waals surface area contributed by atoms with Crippen molar-refractivity contribution < 1.29 is 4.79 Å². The molecule has 1 rings (SSSR count). The maximum absolute atomic E-state index is 11.7. The zero-order valence-electron chi connectivity index (χ0n) is 12.3. The molecule has 112 valence electrons. The number of likely N-dealkylation sites (N-methyl/N-ethyl adjacent to an activating group) is 1. The predicted octanol–water partition coefficient (Wildman–Crippen LogP) is 3.16. The van der Waals surface area contributed by atoms with Gasteiger partial charge in [-0.2, -0.15) is 0 Å². The van der Waals surface area contributed by atoms with E-state index in [1.165, 1.54) is 25.0 Å². The molecule has 1 atom stereocenters. The molecule has 0 radical (unpaired) electrons. The largest absolute Gasteiger partial charge is 0.355 e. The van der Waals surface area contributed by atoms with Crippen molar-refractivity contribution in [1.82, 2.24) is 10.2 Å². The van der Waals surface area contributed by atoms with Crippen molar-refractivity contribution in [2.24, 2.45) is 0 Å². The van der Waals surface area contributed by atoms with Gasteiger partial charge in [0, 0.05) is 30.5 Å². The summed E-state index contributed by atoms with van der Waals surface area (Å²) in [6, 6.07) is 0. The SMILES string of the molecule is CCN(CC)CCNC(=O)CCCCC1CCSS1. The summed E-state index contributed by atoms with van der Waals surface area (Å²) >= 11 is 0. The van der Waals surface area contributed by atoms with Gasteiger partial charge in [0.2, 0.25) is 5.91 Å². The summed E-state index contributed by atoms with van der Waals surface area (Å²) in [5.41, 5.74) is 0. The van der Waals surface area contributed by atoms with Gasteiger partial charge >= 0.3 is 0 Å². The normalized spacial score (nSPS) is 19.0. The fourth-order valence-corrected chi connectivity index (χ4v) is 5.23. The lowest BCUT2D eigenvalue weighted by Gasteiger charge is -2.17. The van der Waals surface area contributed by atoms with E-state index in [2.05, 4.69) is 24.1 Å². The van der Waals surface area contributed by atoms with Crippen LogP contribution in [-0.4, -0.2) is 48.0 Å². The highest BCUT2D eigenvalue weighted by atomic mass is 33.1. The first-order chi connectivity index (χ1) is 9.26. The maximum atomic E-state index is 11.7. The Bertz CT molecular complexity index is 242. The number of unbranched alkanes of at least 4 members (excludes halogenated alkanes) is 1. The first-order valence-corrected chi connectivity index (χ1v) is 9.91. The number of nitrogens with zero attached hydrogens (tertiary/aromatic N) is 1. The molecule has 0 spiro atoms. The molecule has 5 heteroatoms. The molecule has 19 heavy (non-hydrogen) atoms. The summed E-state index contributed by atoms with van der Waals surface area (Å²) < 4.78 is 0. The number of carbonyl (C=O) groups is 1. The van der Waals surface area contributed by atoms with Crippen LogP contribution in [-0.2, 0) is 4.79 Å². The molecule has 1 aliphatic rings. The molecule has 0 saturated carbocycles. The van der Waals surface area contributed by atoms with Crippen LogP contribution in [0.3, 0.4) is 0 Å². The molecule has 1 fully saturated rings. The van der Waals surface area contributed by atoms with E-state index >= 15 is 0 Å². The van der Waals surface area contributed by atoms with Gasteiger partial charge in [-0.3, -0.25) is 4.79 Å². The smallest absolute Gasteiger partial charge is 0.220 e. The molecule has 0 aromatic heterocycles. The van der Waals surface area contributed by atoms with E-state index in [1.54, 1.807) is 0 Å². The standard InChI is InChI=1S/C14H28N2OS2/c1-3-16(4-2)11-10-15-14(17)8-6-5-7-13-9-12-18-19-13/h13H,3-12H2,1-2H3,(H,15,17). The highest BCUT2D eigenvalue weighted by Crippen LogP contribution is 2.39. The van der Waals surface area contributed by atoms with Gasteiger partial charge in [0.05, 0.1) is 0 Å². The summed E-state index contributed by atoms with van der Waals surface area (Å²) in [6.45, 7) is 8.19. The van der Waals surface area contributed by atoms with Gasteiger partial charge in [-0.25, -0.2) is 0 Å². The van der Waals surface area contributed by atoms with Gasteiger partial charge in [0.25, 0.3) is 0 Å². The van der Waals surface area contributed by atoms with Crippen LogP contribution < -0.4 is 5.32 Å². The average molecular weight is 305 g/mol. The third-order valence-electron chi connectivity index (χ3n) is 3.55. The molecule has 0 aliphatic carbocycles. The molecule has 1 N–H and O–H groups in total. The second kappa shape index (κ2) is 10.9. The quantitative estimate of drug-likeness (QED) is 0.496. The van der Waals surface area contributed by atoms with Gasteiger partial charge in [0.1, 0.15) is 0 Å². The van der Waals surface area contributed by atoms with Crippen LogP contribution >= 0.6 is 21.6 Å². The topological polar surface area (TPSA) is 32.3 Å². The minimum atomic E-state index is 0.223. The van der Waals surface area contributed by atoms with Crippen LogP contribution in [0.4, 0.5) is 0 Å². The molecule has 1 unspecified atom stereocenters. The van der Waals surface area contributed by atoms with Crippen molar-refractivity contribution >= 4 is 27.5 Å². The Labute approximate surface area is 126 Å². The number of hydrogen-bond donors (Lipinski definition) is 1. The lowest BCUT2D eigenvalue weighted by molar-refractivity contribution is -0.121. The van der Waals surface area contributed by atoms with Crippen molar-refractivity contribution in [3.63, 3.8) is 0 Å². The second-order valence-electron chi connectivity index (χ2n) is 4.95. The highest BCUT2D eigenvalue weighted by Gasteiger charge is 2.15. The zero-order valence-corrected chi connectivity index (χ0v) is 14.0. The Hall–Kier alpha value is 0.130. The van der Waals surface area contributed by atoms with E-state index in [4.69, 9.17) is 0 Å². The van der Waals surface area contributed by atoms with E-state index < -0.39 is 0 Å². The van der Waals surface area contributed by atoms with Crippen LogP contribution in [0.25, 0.3) is 0 Å². The highest BCUT2D eigenvalue weighted by molar-refractivity contribution is 8.77. The molecule has 1 heterocycles. The molecule has 3 nitrogen and oxygen atoms in total. The summed E-state index contributed by atoms with van der Waals surface area (Å²) in [5, 5.41) is 3.86. The van der Waals surface area contributed by atoms with Crippen LogP contribution in [0.5, 0.6) is 0 Å². The van der Waals surface area contributed by atoms with Crippen molar-refractivity contribution in [2.75, 3.05) is 31.9 Å². The van der Waals surface area contributed by atoms with E-state index in [9.17, 15) is 4.79 Å². The molecule has 0 aromatic rings. The van der Waals surface area contributed by atoms with E-state index in [0.29, 0.717) is 6.42 Å². The summed E-state index contributed by atoms with van der Waals surface area (Å²) in [6.07, 6.45) is 5.57. The third-order valence-corrected chi connectivity index (χ3v) is 6.56. The fraction of sp³-hybridized carbons (Fsp3) is 0.929. The number of hydrogen-bond acceptors (Lipinski definition) is 4. The first-order valence-electron chi connectivity index (χ1n) is 7.53. The number of carbonyl (C=O) groups excluding carboxylic acids is 1. The molecule has 1 aliphatic heterocycles. The maximum Gasteiger partial charge on any atom is 0.220 e. The van der Waals surface area contributed by atoms with Crippen molar-refractivity contribution in [1.29, 1.82) is 0 Å². The molecule has 1 saturated heterocycles. The molecular formula is C14H28N2OS2. The Morgan fingerprint density at radius 2 is 2.11 bits per heavy atom. The Kier molecular flexibility index (Phi) is 9.82. The number of rotatable bonds is 10. The van der Waals surface area contributed by atoms with Crippen LogP contribution in [0.15, 0.2) is 0 Å². The lowest BCUT2D eigenvalue weighted by Crippen LogP contribution is -2.34. The minimum Gasteiger partial charge on any atom is -0.355 e. The summed E-state index contributed by atoms with van der Waals surface area (Å²) in [4.78, 5) is 14.0. The number of nitrogens with one attached hydrogen (secondary N) is 1. The zero-order chi connectivity index (χ0) is 13.9. The number of amides is 1. The molecule has 0 bridgehead atoms. The summed E-state index contributed by atoms with van der Waals surface area (Å²) in [5.74, 6) is 1.53. The Balaban J connectivity index is 1.92. The third kappa shape index (κ3) is 8.10. The summed E-state index contributed by atoms with van der Waals surface area (Å²) in [7, 11) is 4.03. The molecule has 1 amide bonds. The Morgan fingerprint density at radius 3 is 2.74 bits per heavy atom. The molecule has 0 aromatic carbocycles. The van der Waals surface area contributed by atoms with E-state index in [0.717, 1.165) is 37.8 Å². The monoisotopic (exact) mass is 304 g/mol. The fourth-order valence-electron chi connectivity index (χ4n) is 2.20. The van der Waals surface area contributed by atoms with Crippen molar-refractivity contribution in [3.05, 3.63) is 0 Å². The Morgan fingerprint density at radius 1 is 1.32 bits per heavy atom. The lowest BCUT2D eigenvalue weighted by atomic mass is 10.1. The first kappa shape index (κ1) is 17.2. The predicted molar refractivity (Wildman–Crippen MR) is 87.7 cm³/mol.